The third-order valence-corrected chi connectivity index (χ3v) is 7.69. The van der Waals surface area contributed by atoms with Crippen LogP contribution >= 0.6 is 0 Å². The highest BCUT2D eigenvalue weighted by Crippen LogP contribution is 2.33. The molecule has 2 bridgehead atoms. The van der Waals surface area contributed by atoms with Gasteiger partial charge in [-0.15, -0.1) is 0 Å². The lowest BCUT2D eigenvalue weighted by molar-refractivity contribution is -0.140. The van der Waals surface area contributed by atoms with Gasteiger partial charge in [-0.2, -0.15) is 0 Å². The van der Waals surface area contributed by atoms with Crippen LogP contribution in [0, 0.1) is 17.8 Å². The molecule has 3 aliphatic heterocycles. The highest BCUT2D eigenvalue weighted by Gasteiger charge is 2.39. The smallest absolute Gasteiger partial charge is 0.225 e. The summed E-state index contributed by atoms with van der Waals surface area (Å²) in [5, 5.41) is 3.75. The van der Waals surface area contributed by atoms with E-state index in [2.05, 4.69) is 10.2 Å². The summed E-state index contributed by atoms with van der Waals surface area (Å²) >= 11 is 0. The number of hydrogen-bond donors (Lipinski definition) is 1. The lowest BCUT2D eigenvalue weighted by atomic mass is 9.78. The number of rotatable bonds is 5. The maximum absolute atomic E-state index is 13.1. The SMILES string of the molecule is O=C(CCC[C@H]1NCC2CC1CN(C(=O)C1CCCCCC1)C2)N1CCCC1. The molecule has 4 rings (SSSR count). The number of amides is 2. The molecule has 158 valence electrons. The van der Waals surface area contributed by atoms with E-state index in [9.17, 15) is 9.59 Å². The number of hydrogen-bond acceptors (Lipinski definition) is 3. The summed E-state index contributed by atoms with van der Waals surface area (Å²) in [6, 6.07) is 0.479. The molecule has 1 N–H and O–H groups in total. The van der Waals surface area contributed by atoms with E-state index < -0.39 is 0 Å². The summed E-state index contributed by atoms with van der Waals surface area (Å²) in [7, 11) is 0. The molecular weight excluding hydrogens is 350 g/mol. The van der Waals surface area contributed by atoms with Crippen molar-refractivity contribution in [3.63, 3.8) is 0 Å². The van der Waals surface area contributed by atoms with E-state index >= 15 is 0 Å². The van der Waals surface area contributed by atoms with Crippen molar-refractivity contribution >= 4 is 11.8 Å². The number of carbonyl (C=O) groups excluding carboxylic acids is 2. The van der Waals surface area contributed by atoms with Crippen molar-refractivity contribution in [3.8, 4) is 0 Å². The van der Waals surface area contributed by atoms with Crippen molar-refractivity contribution in [3.05, 3.63) is 0 Å². The van der Waals surface area contributed by atoms with Gasteiger partial charge < -0.3 is 15.1 Å². The normalized spacial score (nSPS) is 31.6. The predicted molar refractivity (Wildman–Crippen MR) is 111 cm³/mol. The maximum atomic E-state index is 13.1. The van der Waals surface area contributed by atoms with Gasteiger partial charge in [0, 0.05) is 44.6 Å². The lowest BCUT2D eigenvalue weighted by Gasteiger charge is -2.46. The minimum Gasteiger partial charge on any atom is -0.343 e. The van der Waals surface area contributed by atoms with Crippen molar-refractivity contribution in [2.45, 2.75) is 83.1 Å². The van der Waals surface area contributed by atoms with Gasteiger partial charge in [0.15, 0.2) is 0 Å². The van der Waals surface area contributed by atoms with Gasteiger partial charge in [-0.3, -0.25) is 9.59 Å². The molecule has 5 heteroatoms. The third-order valence-electron chi connectivity index (χ3n) is 7.69. The van der Waals surface area contributed by atoms with Crippen LogP contribution in [0.25, 0.3) is 0 Å². The van der Waals surface area contributed by atoms with E-state index in [-0.39, 0.29) is 5.92 Å². The van der Waals surface area contributed by atoms with E-state index in [0.29, 0.717) is 36.1 Å². The number of nitrogens with zero attached hydrogens (tertiary/aromatic N) is 2. The molecule has 4 aliphatic rings. The number of likely N-dealkylation sites (tertiary alicyclic amines) is 2. The minimum atomic E-state index is 0.283. The predicted octanol–water partition coefficient (Wildman–Crippen LogP) is 3.19. The lowest BCUT2D eigenvalue weighted by Crippen LogP contribution is -2.58. The molecule has 3 atom stereocenters. The monoisotopic (exact) mass is 389 g/mol. The average Bonchev–Trinajstić information content (AvgIpc) is 3.12. The van der Waals surface area contributed by atoms with Crippen molar-refractivity contribution < 1.29 is 9.59 Å². The first-order valence-electron chi connectivity index (χ1n) is 12.0. The Bertz CT molecular complexity index is 538. The van der Waals surface area contributed by atoms with E-state index in [1.807, 2.05) is 4.90 Å². The second-order valence-corrected chi connectivity index (χ2v) is 9.79. The van der Waals surface area contributed by atoms with Gasteiger partial charge >= 0.3 is 0 Å². The Morgan fingerprint density at radius 1 is 0.893 bits per heavy atom. The molecular formula is C23H39N3O2. The molecule has 0 aromatic heterocycles. The number of nitrogens with one attached hydrogen (secondary N) is 1. The Labute approximate surface area is 170 Å². The Hall–Kier alpha value is -1.10. The van der Waals surface area contributed by atoms with Crippen molar-refractivity contribution in [2.24, 2.45) is 17.8 Å². The summed E-state index contributed by atoms with van der Waals surface area (Å²) in [6.07, 6.45) is 13.6. The standard InChI is InChI=1S/C23H39N3O2/c27-22(25-12-5-6-13-25)11-7-10-21-20-14-18(15-24-21)16-26(17-20)23(28)19-8-3-1-2-4-9-19/h18-21,24H,1-17H2/t18?,20?,21-/m1/s1. The largest absolute Gasteiger partial charge is 0.343 e. The molecule has 0 spiro atoms. The van der Waals surface area contributed by atoms with Crippen LogP contribution in [0.3, 0.4) is 0 Å². The molecule has 5 nitrogen and oxygen atoms in total. The molecule has 3 heterocycles. The van der Waals surface area contributed by atoms with E-state index in [1.165, 1.54) is 44.9 Å². The maximum Gasteiger partial charge on any atom is 0.225 e. The number of piperidine rings is 2. The fourth-order valence-electron chi connectivity index (χ4n) is 6.07. The highest BCUT2D eigenvalue weighted by atomic mass is 16.2. The first-order valence-corrected chi connectivity index (χ1v) is 12.0. The molecule has 0 aromatic carbocycles. The fourth-order valence-corrected chi connectivity index (χ4v) is 6.07. The fraction of sp³-hybridized carbons (Fsp3) is 0.913. The summed E-state index contributed by atoms with van der Waals surface area (Å²) in [4.78, 5) is 29.7. The molecule has 3 saturated heterocycles. The summed E-state index contributed by atoms with van der Waals surface area (Å²) < 4.78 is 0. The van der Waals surface area contributed by atoms with E-state index in [4.69, 9.17) is 0 Å². The highest BCUT2D eigenvalue weighted by molar-refractivity contribution is 5.79. The molecule has 1 saturated carbocycles. The van der Waals surface area contributed by atoms with Crippen molar-refractivity contribution in [1.82, 2.24) is 15.1 Å². The van der Waals surface area contributed by atoms with Crippen molar-refractivity contribution in [1.29, 1.82) is 0 Å². The Kier molecular flexibility index (Phi) is 6.92. The van der Waals surface area contributed by atoms with Gasteiger partial charge in [0.2, 0.25) is 11.8 Å². The first-order chi connectivity index (χ1) is 13.7. The zero-order chi connectivity index (χ0) is 19.3. The minimum absolute atomic E-state index is 0.283. The van der Waals surface area contributed by atoms with Gasteiger partial charge in [-0.1, -0.05) is 25.7 Å². The quantitative estimate of drug-likeness (QED) is 0.735. The van der Waals surface area contributed by atoms with Crippen molar-refractivity contribution in [2.75, 3.05) is 32.7 Å². The second kappa shape index (κ2) is 9.60. The van der Waals surface area contributed by atoms with Crippen LogP contribution < -0.4 is 5.32 Å². The average molecular weight is 390 g/mol. The molecule has 2 amide bonds. The summed E-state index contributed by atoms with van der Waals surface area (Å²) in [6.45, 7) is 4.85. The van der Waals surface area contributed by atoms with Gasteiger partial charge in [0.1, 0.15) is 0 Å². The van der Waals surface area contributed by atoms with Gasteiger partial charge in [0.05, 0.1) is 0 Å². The molecule has 28 heavy (non-hydrogen) atoms. The van der Waals surface area contributed by atoms with Crippen LogP contribution in [-0.4, -0.2) is 60.4 Å². The summed E-state index contributed by atoms with van der Waals surface area (Å²) in [5.41, 5.74) is 0. The van der Waals surface area contributed by atoms with Crippen LogP contribution in [0.2, 0.25) is 0 Å². The Balaban J connectivity index is 1.26. The second-order valence-electron chi connectivity index (χ2n) is 9.79. The summed E-state index contributed by atoms with van der Waals surface area (Å²) in [5.74, 6) is 2.27. The van der Waals surface area contributed by atoms with Crippen LogP contribution in [-0.2, 0) is 9.59 Å². The molecule has 1 aliphatic carbocycles. The van der Waals surface area contributed by atoms with E-state index in [1.54, 1.807) is 0 Å². The topological polar surface area (TPSA) is 52.7 Å². The molecule has 4 fully saturated rings. The third kappa shape index (κ3) is 4.90. The van der Waals surface area contributed by atoms with Gasteiger partial charge in [0.25, 0.3) is 0 Å². The molecule has 0 radical (unpaired) electrons. The Morgan fingerprint density at radius 2 is 1.64 bits per heavy atom. The van der Waals surface area contributed by atoms with Crippen LogP contribution in [0.15, 0.2) is 0 Å². The number of fused-ring (bicyclic) bond motifs is 2. The van der Waals surface area contributed by atoms with Crippen LogP contribution in [0.1, 0.15) is 77.0 Å². The number of carbonyl (C=O) groups is 2. The van der Waals surface area contributed by atoms with Gasteiger partial charge in [-0.05, 0) is 63.3 Å². The van der Waals surface area contributed by atoms with Crippen LogP contribution in [0.5, 0.6) is 0 Å². The molecule has 0 aromatic rings. The zero-order valence-corrected chi connectivity index (χ0v) is 17.5. The Morgan fingerprint density at radius 3 is 2.39 bits per heavy atom. The first kappa shape index (κ1) is 20.2. The van der Waals surface area contributed by atoms with Crippen LogP contribution in [0.4, 0.5) is 0 Å². The molecule has 2 unspecified atom stereocenters. The van der Waals surface area contributed by atoms with E-state index in [0.717, 1.165) is 58.4 Å². The van der Waals surface area contributed by atoms with Gasteiger partial charge in [-0.25, -0.2) is 0 Å². The zero-order valence-electron chi connectivity index (χ0n) is 17.5.